The molecule has 0 spiro atoms. The number of urea groups is 1. The SMILES string of the molecule is CCNC(=NCC(C)c1cccs1)NCCN1C(=O)CNC1=O. The van der Waals surface area contributed by atoms with Gasteiger partial charge < -0.3 is 16.0 Å². The van der Waals surface area contributed by atoms with E-state index in [1.165, 1.54) is 9.78 Å². The van der Waals surface area contributed by atoms with Gasteiger partial charge in [0.25, 0.3) is 0 Å². The van der Waals surface area contributed by atoms with Gasteiger partial charge in [-0.15, -0.1) is 11.3 Å². The van der Waals surface area contributed by atoms with Gasteiger partial charge in [-0.1, -0.05) is 13.0 Å². The minimum absolute atomic E-state index is 0.0886. The van der Waals surface area contributed by atoms with Crippen molar-refractivity contribution in [2.45, 2.75) is 19.8 Å². The molecule has 0 aromatic carbocycles. The van der Waals surface area contributed by atoms with Crippen molar-refractivity contribution in [2.75, 3.05) is 32.7 Å². The molecule has 0 aliphatic carbocycles. The summed E-state index contributed by atoms with van der Waals surface area (Å²) in [6.07, 6.45) is 0. The molecular weight excluding hydrogens is 314 g/mol. The molecule has 1 aliphatic rings. The highest BCUT2D eigenvalue weighted by molar-refractivity contribution is 7.10. The quantitative estimate of drug-likeness (QED) is 0.393. The van der Waals surface area contributed by atoms with Gasteiger partial charge >= 0.3 is 6.03 Å². The second-order valence-electron chi connectivity index (χ2n) is 5.27. The normalized spacial score (nSPS) is 16.4. The van der Waals surface area contributed by atoms with Crippen LogP contribution in [0.2, 0.25) is 0 Å². The summed E-state index contributed by atoms with van der Waals surface area (Å²) in [5.41, 5.74) is 0. The number of hydrogen-bond acceptors (Lipinski definition) is 4. The van der Waals surface area contributed by atoms with E-state index >= 15 is 0 Å². The van der Waals surface area contributed by atoms with Crippen LogP contribution in [0.4, 0.5) is 4.79 Å². The number of guanidine groups is 1. The van der Waals surface area contributed by atoms with Crippen molar-refractivity contribution in [1.82, 2.24) is 20.9 Å². The van der Waals surface area contributed by atoms with Crippen LogP contribution in [0.1, 0.15) is 24.6 Å². The maximum atomic E-state index is 11.5. The summed E-state index contributed by atoms with van der Waals surface area (Å²) in [5, 5.41) is 10.9. The van der Waals surface area contributed by atoms with Crippen molar-refractivity contribution < 1.29 is 9.59 Å². The highest BCUT2D eigenvalue weighted by Crippen LogP contribution is 2.20. The van der Waals surface area contributed by atoms with Crippen LogP contribution in [0.25, 0.3) is 0 Å². The largest absolute Gasteiger partial charge is 0.357 e. The molecule has 3 amide bonds. The molecule has 3 N–H and O–H groups in total. The fourth-order valence-electron chi connectivity index (χ4n) is 2.20. The summed E-state index contributed by atoms with van der Waals surface area (Å²) in [4.78, 5) is 30.0. The van der Waals surface area contributed by atoms with E-state index in [1.807, 2.05) is 13.0 Å². The molecule has 8 heteroatoms. The fourth-order valence-corrected chi connectivity index (χ4v) is 2.98. The van der Waals surface area contributed by atoms with E-state index in [0.717, 1.165) is 6.54 Å². The Morgan fingerprint density at radius 1 is 1.48 bits per heavy atom. The van der Waals surface area contributed by atoms with Crippen LogP contribution >= 0.6 is 11.3 Å². The van der Waals surface area contributed by atoms with Crippen molar-refractivity contribution in [3.05, 3.63) is 22.4 Å². The summed E-state index contributed by atoms with van der Waals surface area (Å²) in [6, 6.07) is 3.83. The van der Waals surface area contributed by atoms with Crippen molar-refractivity contribution >= 4 is 29.2 Å². The number of aliphatic imine (C=N–C) groups is 1. The molecular formula is C15H23N5O2S. The van der Waals surface area contributed by atoms with Gasteiger partial charge in [0.15, 0.2) is 5.96 Å². The third-order valence-corrected chi connectivity index (χ3v) is 4.57. The highest BCUT2D eigenvalue weighted by Gasteiger charge is 2.27. The summed E-state index contributed by atoms with van der Waals surface area (Å²) in [5.74, 6) is 0.865. The van der Waals surface area contributed by atoms with Gasteiger partial charge in [-0.2, -0.15) is 0 Å². The average molecular weight is 337 g/mol. The topological polar surface area (TPSA) is 85.8 Å². The average Bonchev–Trinajstić information content (AvgIpc) is 3.17. The molecule has 0 saturated carbocycles. The zero-order chi connectivity index (χ0) is 16.7. The third kappa shape index (κ3) is 4.95. The van der Waals surface area contributed by atoms with E-state index in [-0.39, 0.29) is 18.5 Å². The van der Waals surface area contributed by atoms with E-state index in [9.17, 15) is 9.59 Å². The zero-order valence-corrected chi connectivity index (χ0v) is 14.3. The van der Waals surface area contributed by atoms with Gasteiger partial charge in [0.05, 0.1) is 13.1 Å². The zero-order valence-electron chi connectivity index (χ0n) is 13.5. The first-order chi connectivity index (χ1) is 11.1. The number of nitrogens with one attached hydrogen (secondary N) is 3. The van der Waals surface area contributed by atoms with Crippen molar-refractivity contribution in [1.29, 1.82) is 0 Å². The Morgan fingerprint density at radius 3 is 2.91 bits per heavy atom. The predicted octanol–water partition coefficient (Wildman–Crippen LogP) is 0.959. The van der Waals surface area contributed by atoms with E-state index in [1.54, 1.807) is 11.3 Å². The van der Waals surface area contributed by atoms with E-state index in [2.05, 4.69) is 39.3 Å². The number of imide groups is 1. The van der Waals surface area contributed by atoms with Crippen molar-refractivity contribution in [3.8, 4) is 0 Å². The first kappa shape index (κ1) is 17.3. The molecule has 1 fully saturated rings. The molecule has 1 saturated heterocycles. The standard InChI is InChI=1S/C15H23N5O2S/c1-3-16-14(18-9-11(2)12-5-4-8-23-12)17-6-7-20-13(21)10-19-15(20)22/h4-5,8,11H,3,6-7,9-10H2,1-2H3,(H,19,22)(H2,16,17,18). The lowest BCUT2D eigenvalue weighted by atomic mass is 10.1. The van der Waals surface area contributed by atoms with Gasteiger partial charge in [0, 0.05) is 30.4 Å². The second-order valence-corrected chi connectivity index (χ2v) is 6.25. The van der Waals surface area contributed by atoms with Crippen LogP contribution < -0.4 is 16.0 Å². The van der Waals surface area contributed by atoms with Crippen LogP contribution in [0.15, 0.2) is 22.5 Å². The predicted molar refractivity (Wildman–Crippen MR) is 91.8 cm³/mol. The molecule has 1 aromatic rings. The molecule has 1 unspecified atom stereocenters. The lowest BCUT2D eigenvalue weighted by Gasteiger charge is -2.16. The van der Waals surface area contributed by atoms with Crippen LogP contribution in [0.3, 0.4) is 0 Å². The summed E-state index contributed by atoms with van der Waals surface area (Å²) in [7, 11) is 0. The lowest BCUT2D eigenvalue weighted by molar-refractivity contribution is -0.124. The van der Waals surface area contributed by atoms with E-state index in [0.29, 0.717) is 31.5 Å². The molecule has 2 heterocycles. The first-order valence-corrected chi connectivity index (χ1v) is 8.63. The number of hydrogen-bond donors (Lipinski definition) is 3. The van der Waals surface area contributed by atoms with Crippen LogP contribution in [-0.2, 0) is 4.79 Å². The molecule has 0 bridgehead atoms. The molecule has 23 heavy (non-hydrogen) atoms. The number of carbonyl (C=O) groups excluding carboxylic acids is 2. The van der Waals surface area contributed by atoms with E-state index < -0.39 is 0 Å². The monoisotopic (exact) mass is 337 g/mol. The second kappa shape index (κ2) is 8.52. The Balaban J connectivity index is 1.82. The van der Waals surface area contributed by atoms with Gasteiger partial charge in [-0.3, -0.25) is 14.7 Å². The Bertz CT molecular complexity index is 542. The summed E-state index contributed by atoms with van der Waals surface area (Å²) >= 11 is 1.73. The molecule has 2 rings (SSSR count). The Morgan fingerprint density at radius 2 is 2.30 bits per heavy atom. The third-order valence-electron chi connectivity index (χ3n) is 3.46. The number of rotatable bonds is 7. The molecule has 126 valence electrons. The Kier molecular flexibility index (Phi) is 6.40. The highest BCUT2D eigenvalue weighted by atomic mass is 32.1. The van der Waals surface area contributed by atoms with Gasteiger partial charge in [-0.25, -0.2) is 4.79 Å². The van der Waals surface area contributed by atoms with Crippen molar-refractivity contribution in [2.24, 2.45) is 4.99 Å². The van der Waals surface area contributed by atoms with Gasteiger partial charge in [-0.05, 0) is 18.4 Å². The maximum Gasteiger partial charge on any atom is 0.324 e. The van der Waals surface area contributed by atoms with Crippen molar-refractivity contribution in [3.63, 3.8) is 0 Å². The lowest BCUT2D eigenvalue weighted by Crippen LogP contribution is -2.43. The number of thiophene rings is 1. The van der Waals surface area contributed by atoms with Crippen LogP contribution in [-0.4, -0.2) is 55.5 Å². The van der Waals surface area contributed by atoms with Gasteiger partial charge in [0.2, 0.25) is 5.91 Å². The Labute approximate surface area is 140 Å². The minimum atomic E-state index is -0.329. The number of amides is 3. The maximum absolute atomic E-state index is 11.5. The number of carbonyl (C=O) groups is 2. The van der Waals surface area contributed by atoms with Gasteiger partial charge in [0.1, 0.15) is 0 Å². The summed E-state index contributed by atoms with van der Waals surface area (Å²) in [6.45, 7) is 6.46. The smallest absolute Gasteiger partial charge is 0.324 e. The molecule has 1 aromatic heterocycles. The summed E-state index contributed by atoms with van der Waals surface area (Å²) < 4.78 is 0. The molecule has 1 aliphatic heterocycles. The molecule has 7 nitrogen and oxygen atoms in total. The first-order valence-electron chi connectivity index (χ1n) is 7.75. The van der Waals surface area contributed by atoms with Crippen LogP contribution in [0, 0.1) is 0 Å². The Hall–Kier alpha value is -2.09. The minimum Gasteiger partial charge on any atom is -0.357 e. The van der Waals surface area contributed by atoms with E-state index in [4.69, 9.17) is 0 Å². The number of nitrogens with zero attached hydrogens (tertiary/aromatic N) is 2. The molecule has 1 atom stereocenters. The molecule has 0 radical (unpaired) electrons. The van der Waals surface area contributed by atoms with Crippen LogP contribution in [0.5, 0.6) is 0 Å². The fraction of sp³-hybridized carbons (Fsp3) is 0.533.